The molecule has 0 aliphatic carbocycles. The van der Waals surface area contributed by atoms with E-state index in [1.807, 2.05) is 91.1 Å². The predicted molar refractivity (Wildman–Crippen MR) is 137 cm³/mol. The molecule has 2 heterocycles. The Hall–Kier alpha value is -4.78. The third kappa shape index (κ3) is 4.94. The zero-order valence-corrected chi connectivity index (χ0v) is 19.1. The summed E-state index contributed by atoms with van der Waals surface area (Å²) >= 11 is 0. The first kappa shape index (κ1) is 22.0. The first-order valence-electron chi connectivity index (χ1n) is 11.2. The van der Waals surface area contributed by atoms with Crippen LogP contribution in [-0.2, 0) is 4.79 Å². The lowest BCUT2D eigenvalue weighted by atomic mass is 10.1. The summed E-state index contributed by atoms with van der Waals surface area (Å²) in [4.78, 5) is 17.0. The molecule has 5 aromatic rings. The average Bonchev–Trinajstić information content (AvgIpc) is 3.34. The van der Waals surface area contributed by atoms with Gasteiger partial charge < -0.3 is 4.74 Å². The third-order valence-electron chi connectivity index (χ3n) is 5.46. The fourth-order valence-electron chi connectivity index (χ4n) is 3.69. The fraction of sp³-hybridized carbons (Fsp3) is 0.0714. The minimum atomic E-state index is -0.764. The predicted octanol–water partition coefficient (Wildman–Crippen LogP) is 5.01. The van der Waals surface area contributed by atoms with Gasteiger partial charge in [-0.2, -0.15) is 10.2 Å². The molecule has 172 valence electrons. The number of ether oxygens (including phenoxy) is 1. The molecule has 0 spiro atoms. The second-order valence-corrected chi connectivity index (χ2v) is 7.90. The summed E-state index contributed by atoms with van der Waals surface area (Å²) < 4.78 is 7.68. The lowest BCUT2D eigenvalue weighted by molar-refractivity contribution is -0.127. The van der Waals surface area contributed by atoms with Crippen LogP contribution < -0.4 is 10.2 Å². The van der Waals surface area contributed by atoms with Crippen LogP contribution in [0, 0.1) is 0 Å². The van der Waals surface area contributed by atoms with Gasteiger partial charge in [-0.3, -0.25) is 9.78 Å². The van der Waals surface area contributed by atoms with E-state index in [1.165, 1.54) is 0 Å². The molecule has 1 N–H and O–H groups in total. The van der Waals surface area contributed by atoms with Crippen LogP contribution in [-0.4, -0.2) is 33.0 Å². The standard InChI is InChI=1S/C28H23N5O2/c1-20(35-25-16-8-12-22-13-9-17-29-27(22)25)28(34)31-30-18-23-19-33(24-14-6-3-7-15-24)32-26(23)21-10-4-2-5-11-21/h2-20H,1H3,(H,31,34)/b30-18-/t20-/m0/s1. The molecular formula is C28H23N5O2. The molecule has 3 aromatic carbocycles. The Labute approximate surface area is 202 Å². The average molecular weight is 462 g/mol. The number of nitrogens with zero attached hydrogens (tertiary/aromatic N) is 4. The van der Waals surface area contributed by atoms with Gasteiger partial charge in [0.2, 0.25) is 0 Å². The van der Waals surface area contributed by atoms with Crippen molar-refractivity contribution in [3.05, 3.63) is 109 Å². The quantitative estimate of drug-likeness (QED) is 0.273. The van der Waals surface area contributed by atoms with Crippen molar-refractivity contribution in [2.75, 3.05) is 0 Å². The van der Waals surface area contributed by atoms with Gasteiger partial charge in [0.15, 0.2) is 6.10 Å². The van der Waals surface area contributed by atoms with Gasteiger partial charge in [0.1, 0.15) is 17.0 Å². The van der Waals surface area contributed by atoms with Gasteiger partial charge >= 0.3 is 0 Å². The Morgan fingerprint density at radius 3 is 2.51 bits per heavy atom. The molecule has 0 bridgehead atoms. The van der Waals surface area contributed by atoms with E-state index in [2.05, 4.69) is 15.5 Å². The number of hydrazone groups is 1. The summed E-state index contributed by atoms with van der Waals surface area (Å²) in [5.41, 5.74) is 6.70. The lowest BCUT2D eigenvalue weighted by Crippen LogP contribution is -2.33. The van der Waals surface area contributed by atoms with E-state index in [0.717, 1.165) is 27.9 Å². The van der Waals surface area contributed by atoms with Crippen molar-refractivity contribution in [1.82, 2.24) is 20.2 Å². The Morgan fingerprint density at radius 1 is 0.971 bits per heavy atom. The Balaban J connectivity index is 1.33. The SMILES string of the molecule is C[C@H](Oc1cccc2cccnc12)C(=O)N/N=C\c1cn(-c2ccccc2)nc1-c1ccccc1. The van der Waals surface area contributed by atoms with E-state index in [9.17, 15) is 4.79 Å². The van der Waals surface area contributed by atoms with Crippen LogP contribution in [0.25, 0.3) is 27.8 Å². The van der Waals surface area contributed by atoms with Gasteiger partial charge in [-0.05, 0) is 31.2 Å². The van der Waals surface area contributed by atoms with Crippen LogP contribution in [0.1, 0.15) is 12.5 Å². The summed E-state index contributed by atoms with van der Waals surface area (Å²) in [6.45, 7) is 1.68. The Kier molecular flexibility index (Phi) is 6.30. The summed E-state index contributed by atoms with van der Waals surface area (Å²) in [5, 5.41) is 9.88. The zero-order chi connectivity index (χ0) is 24.0. The molecule has 35 heavy (non-hydrogen) atoms. The third-order valence-corrected chi connectivity index (χ3v) is 5.46. The Morgan fingerprint density at radius 2 is 1.71 bits per heavy atom. The highest BCUT2D eigenvalue weighted by Gasteiger charge is 2.16. The molecule has 7 heteroatoms. The maximum Gasteiger partial charge on any atom is 0.280 e. The topological polar surface area (TPSA) is 81.4 Å². The first-order valence-corrected chi connectivity index (χ1v) is 11.2. The number of carbonyl (C=O) groups excluding carboxylic acids is 1. The maximum absolute atomic E-state index is 12.7. The number of para-hydroxylation sites is 2. The van der Waals surface area contributed by atoms with Crippen LogP contribution in [0.3, 0.4) is 0 Å². The van der Waals surface area contributed by atoms with Gasteiger partial charge in [-0.1, -0.05) is 66.7 Å². The number of carbonyl (C=O) groups is 1. The molecule has 2 aromatic heterocycles. The van der Waals surface area contributed by atoms with Crippen LogP contribution in [0.15, 0.2) is 108 Å². The van der Waals surface area contributed by atoms with Crippen molar-refractivity contribution in [2.24, 2.45) is 5.10 Å². The summed E-state index contributed by atoms with van der Waals surface area (Å²) in [5.74, 6) is 0.177. The van der Waals surface area contributed by atoms with Crippen molar-refractivity contribution in [3.63, 3.8) is 0 Å². The van der Waals surface area contributed by atoms with Crippen molar-refractivity contribution in [2.45, 2.75) is 13.0 Å². The summed E-state index contributed by atoms with van der Waals surface area (Å²) in [6.07, 6.45) is 4.42. The second-order valence-electron chi connectivity index (χ2n) is 7.90. The second kappa shape index (κ2) is 10.0. The Bertz CT molecular complexity index is 1470. The van der Waals surface area contributed by atoms with Gasteiger partial charge in [0.25, 0.3) is 5.91 Å². The van der Waals surface area contributed by atoms with Gasteiger partial charge in [0, 0.05) is 28.9 Å². The number of benzene rings is 3. The summed E-state index contributed by atoms with van der Waals surface area (Å²) in [6, 6.07) is 29.1. The summed E-state index contributed by atoms with van der Waals surface area (Å²) in [7, 11) is 0. The van der Waals surface area contributed by atoms with Gasteiger partial charge in [-0.25, -0.2) is 10.1 Å². The monoisotopic (exact) mass is 461 g/mol. The minimum Gasteiger partial charge on any atom is -0.479 e. The van der Waals surface area contributed by atoms with Crippen molar-refractivity contribution >= 4 is 23.0 Å². The molecule has 5 rings (SSSR count). The highest BCUT2D eigenvalue weighted by Crippen LogP contribution is 2.24. The van der Waals surface area contributed by atoms with Gasteiger partial charge in [-0.15, -0.1) is 0 Å². The highest BCUT2D eigenvalue weighted by atomic mass is 16.5. The van der Waals surface area contributed by atoms with Crippen molar-refractivity contribution in [1.29, 1.82) is 0 Å². The van der Waals surface area contributed by atoms with E-state index < -0.39 is 6.10 Å². The number of fused-ring (bicyclic) bond motifs is 1. The molecule has 0 radical (unpaired) electrons. The molecule has 1 atom stereocenters. The fourth-order valence-corrected chi connectivity index (χ4v) is 3.69. The number of nitrogens with one attached hydrogen (secondary N) is 1. The molecule has 0 saturated carbocycles. The lowest BCUT2D eigenvalue weighted by Gasteiger charge is -2.14. The molecule has 0 saturated heterocycles. The number of pyridine rings is 1. The molecular weight excluding hydrogens is 438 g/mol. The van der Waals surface area contributed by atoms with E-state index in [1.54, 1.807) is 30.1 Å². The maximum atomic E-state index is 12.7. The molecule has 0 aliphatic rings. The number of rotatable bonds is 7. The normalized spacial score (nSPS) is 12.0. The number of amides is 1. The number of aromatic nitrogens is 3. The van der Waals surface area contributed by atoms with E-state index in [4.69, 9.17) is 9.84 Å². The van der Waals surface area contributed by atoms with Gasteiger partial charge in [0.05, 0.1) is 11.9 Å². The van der Waals surface area contributed by atoms with Crippen LogP contribution >= 0.6 is 0 Å². The number of hydrogen-bond donors (Lipinski definition) is 1. The van der Waals surface area contributed by atoms with E-state index >= 15 is 0 Å². The molecule has 7 nitrogen and oxygen atoms in total. The first-order chi connectivity index (χ1) is 17.2. The molecule has 0 aliphatic heterocycles. The largest absolute Gasteiger partial charge is 0.479 e. The minimum absolute atomic E-state index is 0.370. The van der Waals surface area contributed by atoms with E-state index in [0.29, 0.717) is 11.3 Å². The van der Waals surface area contributed by atoms with Crippen LogP contribution in [0.4, 0.5) is 0 Å². The van der Waals surface area contributed by atoms with Crippen LogP contribution in [0.2, 0.25) is 0 Å². The van der Waals surface area contributed by atoms with Crippen molar-refractivity contribution < 1.29 is 9.53 Å². The zero-order valence-electron chi connectivity index (χ0n) is 19.1. The molecule has 0 fully saturated rings. The van der Waals surface area contributed by atoms with Crippen molar-refractivity contribution in [3.8, 4) is 22.7 Å². The molecule has 1 amide bonds. The highest BCUT2D eigenvalue weighted by molar-refractivity contribution is 5.90. The smallest absolute Gasteiger partial charge is 0.280 e. The van der Waals surface area contributed by atoms with E-state index in [-0.39, 0.29) is 5.91 Å². The molecule has 0 unspecified atom stereocenters. The van der Waals surface area contributed by atoms with Crippen LogP contribution in [0.5, 0.6) is 5.75 Å². The number of hydrogen-bond acceptors (Lipinski definition) is 5.